The molecule has 7 rings (SSSR count). The zero-order valence-corrected chi connectivity index (χ0v) is 19.6. The van der Waals surface area contributed by atoms with Crippen LogP contribution in [0, 0.1) is 0 Å². The maximum Gasteiger partial charge on any atom is 0.260 e. The van der Waals surface area contributed by atoms with Gasteiger partial charge >= 0.3 is 0 Å². The molecule has 0 saturated heterocycles. The minimum atomic E-state index is -0.537. The lowest BCUT2D eigenvalue weighted by atomic mass is 10.0. The molecule has 0 fully saturated rings. The smallest absolute Gasteiger partial charge is 0.260 e. The van der Waals surface area contributed by atoms with E-state index in [1.54, 1.807) is 28.0 Å². The molecule has 1 unspecified atom stereocenters. The molecule has 3 amide bonds. The molecular weight excluding hydrogens is 452 g/mol. The first-order valence-corrected chi connectivity index (χ1v) is 12.3. The number of hydrogen-bond donors (Lipinski definition) is 1. The third-order valence-electron chi connectivity index (χ3n) is 7.68. The molecule has 7 nitrogen and oxygen atoms in total. The number of nitrogens with one attached hydrogen (secondary N) is 1. The minimum absolute atomic E-state index is 0.00937. The van der Waals surface area contributed by atoms with Crippen LogP contribution in [0.15, 0.2) is 72.8 Å². The number of anilines is 1. The number of H-pyrrole nitrogens is 1. The molecule has 0 spiro atoms. The van der Waals surface area contributed by atoms with Crippen molar-refractivity contribution in [3.05, 3.63) is 101 Å². The zero-order valence-electron chi connectivity index (χ0n) is 19.6. The number of para-hydroxylation sites is 2. The van der Waals surface area contributed by atoms with E-state index in [2.05, 4.69) is 17.1 Å². The standard InChI is InChI=1S/C29H24N4O3/c34-26(31-15-13-19-18-7-3-5-11-23(18)30-24(19)17-31)14-16-32-27-20-8-1-2-9-21(20)29(36)33(27)25-12-6-4-10-22(25)28(32)35/h1-12,27,30H,13-17H2. The summed E-state index contributed by atoms with van der Waals surface area (Å²) in [6.45, 7) is 1.43. The van der Waals surface area contributed by atoms with Crippen LogP contribution in [0.2, 0.25) is 0 Å². The third-order valence-corrected chi connectivity index (χ3v) is 7.68. The molecule has 1 N–H and O–H groups in total. The number of carbonyl (C=O) groups is 3. The average Bonchev–Trinajstić information content (AvgIpc) is 3.43. The summed E-state index contributed by atoms with van der Waals surface area (Å²) < 4.78 is 0. The van der Waals surface area contributed by atoms with E-state index in [0.29, 0.717) is 29.9 Å². The fourth-order valence-electron chi connectivity index (χ4n) is 5.98. The van der Waals surface area contributed by atoms with Gasteiger partial charge in [0.15, 0.2) is 0 Å². The highest BCUT2D eigenvalue weighted by molar-refractivity contribution is 6.16. The number of aromatic amines is 1. The van der Waals surface area contributed by atoms with E-state index in [9.17, 15) is 14.4 Å². The van der Waals surface area contributed by atoms with E-state index in [-0.39, 0.29) is 30.7 Å². The number of fused-ring (bicyclic) bond motifs is 8. The Kier molecular flexibility index (Phi) is 4.54. The van der Waals surface area contributed by atoms with Crippen molar-refractivity contribution in [2.75, 3.05) is 18.0 Å². The van der Waals surface area contributed by atoms with Crippen LogP contribution < -0.4 is 4.90 Å². The van der Waals surface area contributed by atoms with Crippen molar-refractivity contribution >= 4 is 34.3 Å². The molecule has 36 heavy (non-hydrogen) atoms. The van der Waals surface area contributed by atoms with E-state index < -0.39 is 6.17 Å². The molecule has 3 aliphatic rings. The Balaban J connectivity index is 1.16. The first-order valence-electron chi connectivity index (χ1n) is 12.3. The Labute approximate surface area is 207 Å². The fourth-order valence-corrected chi connectivity index (χ4v) is 5.98. The number of nitrogens with zero attached hydrogens (tertiary/aromatic N) is 3. The summed E-state index contributed by atoms with van der Waals surface area (Å²) in [6.07, 6.45) is 0.467. The van der Waals surface area contributed by atoms with Gasteiger partial charge in [0.1, 0.15) is 6.17 Å². The van der Waals surface area contributed by atoms with Crippen molar-refractivity contribution in [1.82, 2.24) is 14.8 Å². The van der Waals surface area contributed by atoms with Crippen molar-refractivity contribution < 1.29 is 14.4 Å². The van der Waals surface area contributed by atoms with Gasteiger partial charge in [0.2, 0.25) is 5.91 Å². The molecular formula is C29H24N4O3. The predicted octanol–water partition coefficient (Wildman–Crippen LogP) is 4.26. The number of hydrogen-bond acceptors (Lipinski definition) is 3. The highest BCUT2D eigenvalue weighted by atomic mass is 16.2. The van der Waals surface area contributed by atoms with Crippen LogP contribution >= 0.6 is 0 Å². The molecule has 0 saturated carbocycles. The number of aromatic nitrogens is 1. The predicted molar refractivity (Wildman–Crippen MR) is 136 cm³/mol. The Hall–Kier alpha value is -4.39. The maximum atomic E-state index is 13.6. The highest BCUT2D eigenvalue weighted by Crippen LogP contribution is 2.45. The third kappa shape index (κ3) is 2.95. The lowest BCUT2D eigenvalue weighted by Crippen LogP contribution is -2.49. The Morgan fingerprint density at radius 2 is 1.64 bits per heavy atom. The first kappa shape index (κ1) is 20.9. The van der Waals surface area contributed by atoms with E-state index in [4.69, 9.17) is 0 Å². The second-order valence-corrected chi connectivity index (χ2v) is 9.59. The van der Waals surface area contributed by atoms with Crippen molar-refractivity contribution in [1.29, 1.82) is 0 Å². The van der Waals surface area contributed by atoms with Gasteiger partial charge in [0.25, 0.3) is 11.8 Å². The van der Waals surface area contributed by atoms with Crippen LogP contribution in [-0.2, 0) is 17.8 Å². The lowest BCUT2D eigenvalue weighted by molar-refractivity contribution is -0.132. The van der Waals surface area contributed by atoms with Gasteiger partial charge in [0, 0.05) is 47.2 Å². The van der Waals surface area contributed by atoms with Gasteiger partial charge in [-0.3, -0.25) is 19.3 Å². The first-order chi connectivity index (χ1) is 17.6. The number of rotatable bonds is 3. The minimum Gasteiger partial charge on any atom is -0.357 e. The van der Waals surface area contributed by atoms with E-state index >= 15 is 0 Å². The van der Waals surface area contributed by atoms with Crippen LogP contribution in [0.4, 0.5) is 5.69 Å². The number of amides is 3. The van der Waals surface area contributed by atoms with E-state index in [1.165, 1.54) is 10.9 Å². The number of carbonyl (C=O) groups excluding carboxylic acids is 3. The van der Waals surface area contributed by atoms with E-state index in [0.717, 1.165) is 23.2 Å². The van der Waals surface area contributed by atoms with Crippen molar-refractivity contribution in [2.24, 2.45) is 0 Å². The fraction of sp³-hybridized carbons (Fsp3) is 0.207. The zero-order chi connectivity index (χ0) is 24.4. The van der Waals surface area contributed by atoms with Crippen LogP contribution in [-0.4, -0.2) is 45.6 Å². The van der Waals surface area contributed by atoms with Crippen LogP contribution in [0.1, 0.15) is 50.1 Å². The summed E-state index contributed by atoms with van der Waals surface area (Å²) >= 11 is 0. The molecule has 7 heteroatoms. The molecule has 0 bridgehead atoms. The Morgan fingerprint density at radius 3 is 2.53 bits per heavy atom. The molecule has 3 aromatic carbocycles. The van der Waals surface area contributed by atoms with Crippen LogP contribution in [0.5, 0.6) is 0 Å². The second kappa shape index (κ2) is 7.81. The summed E-state index contributed by atoms with van der Waals surface area (Å²) in [4.78, 5) is 48.9. The van der Waals surface area contributed by atoms with Crippen molar-refractivity contribution in [3.8, 4) is 0 Å². The van der Waals surface area contributed by atoms with E-state index in [1.807, 2.05) is 47.4 Å². The molecule has 1 atom stereocenters. The van der Waals surface area contributed by atoms with Gasteiger partial charge in [-0.2, -0.15) is 0 Å². The molecule has 4 heterocycles. The highest BCUT2D eigenvalue weighted by Gasteiger charge is 2.47. The largest absolute Gasteiger partial charge is 0.357 e. The maximum absolute atomic E-state index is 13.6. The average molecular weight is 477 g/mol. The number of benzene rings is 3. The summed E-state index contributed by atoms with van der Waals surface area (Å²) in [7, 11) is 0. The normalized spacial score (nSPS) is 18.2. The van der Waals surface area contributed by atoms with Crippen LogP contribution in [0.25, 0.3) is 10.9 Å². The quantitative estimate of drug-likeness (QED) is 0.480. The van der Waals surface area contributed by atoms with Crippen molar-refractivity contribution in [2.45, 2.75) is 25.6 Å². The molecule has 1 aromatic heterocycles. The molecule has 4 aromatic rings. The Morgan fingerprint density at radius 1 is 0.889 bits per heavy atom. The topological polar surface area (TPSA) is 76.7 Å². The van der Waals surface area contributed by atoms with Gasteiger partial charge < -0.3 is 14.8 Å². The summed E-state index contributed by atoms with van der Waals surface area (Å²) in [6, 6.07) is 22.9. The van der Waals surface area contributed by atoms with Gasteiger partial charge in [-0.1, -0.05) is 48.5 Å². The van der Waals surface area contributed by atoms with Gasteiger partial charge in [-0.25, -0.2) is 0 Å². The van der Waals surface area contributed by atoms with Gasteiger partial charge in [0.05, 0.1) is 17.8 Å². The van der Waals surface area contributed by atoms with Gasteiger partial charge in [-0.15, -0.1) is 0 Å². The van der Waals surface area contributed by atoms with Crippen LogP contribution in [0.3, 0.4) is 0 Å². The second-order valence-electron chi connectivity index (χ2n) is 9.59. The summed E-state index contributed by atoms with van der Waals surface area (Å²) in [5.74, 6) is -0.259. The molecule has 0 aliphatic carbocycles. The van der Waals surface area contributed by atoms with Crippen molar-refractivity contribution in [3.63, 3.8) is 0 Å². The molecule has 3 aliphatic heterocycles. The summed E-state index contributed by atoms with van der Waals surface area (Å²) in [5.41, 5.74) is 5.99. The molecule has 178 valence electrons. The Bertz CT molecular complexity index is 1570. The molecule has 0 radical (unpaired) electrons. The SMILES string of the molecule is O=C(CCN1C(=O)c2ccccc2N2C(=O)c3ccccc3C12)N1CCc2c([nH]c3ccccc23)C1. The lowest BCUT2D eigenvalue weighted by Gasteiger charge is -2.41. The van der Waals surface area contributed by atoms with Gasteiger partial charge in [-0.05, 0) is 36.2 Å². The monoisotopic (exact) mass is 476 g/mol. The summed E-state index contributed by atoms with van der Waals surface area (Å²) in [5, 5.41) is 1.22.